The van der Waals surface area contributed by atoms with E-state index in [-0.39, 0.29) is 18.1 Å². The van der Waals surface area contributed by atoms with E-state index in [2.05, 4.69) is 10.1 Å². The molecule has 2 unspecified atom stereocenters. The third kappa shape index (κ3) is 3.62. The molecule has 26 heavy (non-hydrogen) atoms. The molecule has 0 aromatic heterocycles. The van der Waals surface area contributed by atoms with Crippen LogP contribution in [0.1, 0.15) is 37.6 Å². The van der Waals surface area contributed by atoms with Crippen molar-refractivity contribution in [2.45, 2.75) is 45.2 Å². The molecule has 144 valence electrons. The van der Waals surface area contributed by atoms with E-state index in [0.717, 1.165) is 12.1 Å². The van der Waals surface area contributed by atoms with Gasteiger partial charge in [-0.25, -0.2) is 4.79 Å². The number of alkyl halides is 3. The zero-order chi connectivity index (χ0) is 19.8. The summed E-state index contributed by atoms with van der Waals surface area (Å²) in [5.41, 5.74) is -2.61. The number of carbonyl (C=O) groups excluding carboxylic acids is 1. The van der Waals surface area contributed by atoms with Crippen LogP contribution in [0.15, 0.2) is 24.3 Å². The highest BCUT2D eigenvalue weighted by molar-refractivity contribution is 5.99. The second kappa shape index (κ2) is 6.79. The molecule has 2 N–H and O–H groups in total. The predicted octanol–water partition coefficient (Wildman–Crippen LogP) is 2.97. The van der Waals surface area contributed by atoms with Crippen molar-refractivity contribution in [2.24, 2.45) is 5.41 Å². The summed E-state index contributed by atoms with van der Waals surface area (Å²) < 4.78 is 46.2. The zero-order valence-electron chi connectivity index (χ0n) is 14.5. The molecule has 1 fully saturated rings. The summed E-state index contributed by atoms with van der Waals surface area (Å²) >= 11 is 0. The van der Waals surface area contributed by atoms with Gasteiger partial charge >= 0.3 is 12.3 Å². The molecule has 0 saturated heterocycles. The van der Waals surface area contributed by atoms with Gasteiger partial charge in [0.1, 0.15) is 11.3 Å². The molecule has 2 atom stereocenters. The number of carboxylic acids is 1. The molecule has 1 aliphatic carbocycles. The quantitative estimate of drug-likeness (QED) is 0.799. The highest BCUT2D eigenvalue weighted by Gasteiger charge is 2.66. The first-order valence-corrected chi connectivity index (χ1v) is 7.96. The van der Waals surface area contributed by atoms with Crippen molar-refractivity contribution in [3.05, 3.63) is 29.8 Å². The number of benzene rings is 1. The Hall–Kier alpha value is -2.29. The standard InChI is InChI=1S/C17H20F3NO5/c1-4-25-12-9-16(14(23)24,15(12,2)3)21-13(22)10-6-5-7-11(8-10)26-17(18,19)20/h5-8,12H,4,9H2,1-3H3,(H,21,22)(H,23,24). The van der Waals surface area contributed by atoms with Crippen molar-refractivity contribution in [2.75, 3.05) is 6.61 Å². The highest BCUT2D eigenvalue weighted by Crippen LogP contribution is 2.51. The van der Waals surface area contributed by atoms with Crippen LogP contribution in [0.25, 0.3) is 0 Å². The first-order valence-electron chi connectivity index (χ1n) is 7.96. The lowest BCUT2D eigenvalue weighted by Crippen LogP contribution is -2.76. The molecule has 0 spiro atoms. The maximum atomic E-state index is 12.5. The summed E-state index contributed by atoms with van der Waals surface area (Å²) in [6.45, 7) is 5.50. The van der Waals surface area contributed by atoms with E-state index in [1.54, 1.807) is 20.8 Å². The van der Waals surface area contributed by atoms with Gasteiger partial charge in [0.2, 0.25) is 0 Å². The molecule has 1 aliphatic rings. The molecule has 1 amide bonds. The minimum absolute atomic E-state index is 0.0631. The number of carbonyl (C=O) groups is 2. The van der Waals surface area contributed by atoms with Gasteiger partial charge in [-0.2, -0.15) is 0 Å². The second-order valence-corrected chi connectivity index (χ2v) is 6.61. The summed E-state index contributed by atoms with van der Waals surface area (Å²) in [6, 6.07) is 4.46. The molecule has 0 aliphatic heterocycles. The van der Waals surface area contributed by atoms with Crippen molar-refractivity contribution in [3.8, 4) is 5.75 Å². The topological polar surface area (TPSA) is 84.9 Å². The van der Waals surface area contributed by atoms with Crippen LogP contribution in [0.3, 0.4) is 0 Å². The number of hydrogen-bond donors (Lipinski definition) is 2. The van der Waals surface area contributed by atoms with Crippen LogP contribution in [0.4, 0.5) is 13.2 Å². The monoisotopic (exact) mass is 375 g/mol. The fraction of sp³-hybridized carbons (Fsp3) is 0.529. The molecule has 0 radical (unpaired) electrons. The number of nitrogens with one attached hydrogen (secondary N) is 1. The van der Waals surface area contributed by atoms with Crippen molar-refractivity contribution in [1.29, 1.82) is 0 Å². The summed E-state index contributed by atoms with van der Waals surface area (Å²) in [5.74, 6) is -2.59. The van der Waals surface area contributed by atoms with Gasteiger partial charge in [0.05, 0.1) is 6.10 Å². The van der Waals surface area contributed by atoms with Crippen molar-refractivity contribution >= 4 is 11.9 Å². The maximum absolute atomic E-state index is 12.5. The van der Waals surface area contributed by atoms with Crippen molar-refractivity contribution in [1.82, 2.24) is 5.32 Å². The molecular formula is C17H20F3NO5. The molecule has 1 aromatic rings. The summed E-state index contributed by atoms with van der Waals surface area (Å²) in [4.78, 5) is 24.3. The molecule has 0 heterocycles. The second-order valence-electron chi connectivity index (χ2n) is 6.61. The maximum Gasteiger partial charge on any atom is 0.573 e. The van der Waals surface area contributed by atoms with Crippen molar-refractivity contribution in [3.63, 3.8) is 0 Å². The van der Waals surface area contributed by atoms with Crippen molar-refractivity contribution < 1.29 is 37.3 Å². The number of aliphatic carboxylic acids is 1. The Morgan fingerprint density at radius 1 is 1.35 bits per heavy atom. The summed E-state index contributed by atoms with van der Waals surface area (Å²) in [5, 5.41) is 12.1. The largest absolute Gasteiger partial charge is 0.573 e. The average Bonchev–Trinajstić information content (AvgIpc) is 2.51. The van der Waals surface area contributed by atoms with Gasteiger partial charge in [-0.3, -0.25) is 4.79 Å². The third-order valence-electron chi connectivity index (χ3n) is 4.79. The first kappa shape index (κ1) is 20.0. The molecule has 9 heteroatoms. The van der Waals surface area contributed by atoms with Gasteiger partial charge in [0.15, 0.2) is 0 Å². The van der Waals surface area contributed by atoms with E-state index in [0.29, 0.717) is 6.61 Å². The first-order chi connectivity index (χ1) is 11.9. The van der Waals surface area contributed by atoms with Crippen LogP contribution in [0.2, 0.25) is 0 Å². The predicted molar refractivity (Wildman–Crippen MR) is 84.8 cm³/mol. The number of ether oxygens (including phenoxy) is 2. The number of hydrogen-bond acceptors (Lipinski definition) is 4. The smallest absolute Gasteiger partial charge is 0.479 e. The van der Waals surface area contributed by atoms with Crippen LogP contribution in [0.5, 0.6) is 5.75 Å². The van der Waals surface area contributed by atoms with E-state index in [1.165, 1.54) is 12.1 Å². The van der Waals surface area contributed by atoms with E-state index >= 15 is 0 Å². The number of amides is 1. The highest BCUT2D eigenvalue weighted by atomic mass is 19.4. The van der Waals surface area contributed by atoms with Gasteiger partial charge in [-0.1, -0.05) is 19.9 Å². The van der Waals surface area contributed by atoms with Crippen LogP contribution in [0, 0.1) is 5.41 Å². The van der Waals surface area contributed by atoms with E-state index in [4.69, 9.17) is 4.74 Å². The van der Waals surface area contributed by atoms with Gasteiger partial charge < -0.3 is 19.9 Å². The number of rotatable bonds is 6. The van der Waals surface area contributed by atoms with Gasteiger partial charge in [-0.15, -0.1) is 13.2 Å². The Labute approximate surface area is 148 Å². The van der Waals surface area contributed by atoms with Gasteiger partial charge in [0.25, 0.3) is 5.91 Å². The molecule has 0 bridgehead atoms. The Kier molecular flexibility index (Phi) is 5.23. The molecule has 6 nitrogen and oxygen atoms in total. The average molecular weight is 375 g/mol. The minimum Gasteiger partial charge on any atom is -0.479 e. The summed E-state index contributed by atoms with van der Waals surface area (Å²) in [7, 11) is 0. The molecule has 1 saturated carbocycles. The summed E-state index contributed by atoms with van der Waals surface area (Å²) in [6.07, 6.45) is -5.19. The number of carboxylic acid groups (broad SMARTS) is 1. The Morgan fingerprint density at radius 3 is 2.50 bits per heavy atom. The zero-order valence-corrected chi connectivity index (χ0v) is 14.5. The normalized spacial score (nSPS) is 24.5. The van der Waals surface area contributed by atoms with E-state index in [9.17, 15) is 27.9 Å². The molecule has 1 aromatic carbocycles. The lowest BCUT2D eigenvalue weighted by molar-refractivity contribution is -0.274. The van der Waals surface area contributed by atoms with Gasteiger partial charge in [-0.05, 0) is 25.1 Å². The number of halogens is 3. The fourth-order valence-corrected chi connectivity index (χ4v) is 3.14. The van der Waals surface area contributed by atoms with Crippen LogP contribution < -0.4 is 10.1 Å². The minimum atomic E-state index is -4.89. The fourth-order valence-electron chi connectivity index (χ4n) is 3.14. The van der Waals surface area contributed by atoms with Crippen LogP contribution in [-0.4, -0.2) is 41.6 Å². The van der Waals surface area contributed by atoms with E-state index < -0.39 is 34.9 Å². The SMILES string of the molecule is CCOC1CC(NC(=O)c2cccc(OC(F)(F)F)c2)(C(=O)O)C1(C)C. The third-order valence-corrected chi connectivity index (χ3v) is 4.79. The Morgan fingerprint density at radius 2 is 2.00 bits per heavy atom. The lowest BCUT2D eigenvalue weighted by atomic mass is 9.54. The Bertz CT molecular complexity index is 704. The van der Waals surface area contributed by atoms with E-state index in [1.807, 2.05) is 0 Å². The lowest BCUT2D eigenvalue weighted by Gasteiger charge is -2.58. The Balaban J connectivity index is 2.22. The van der Waals surface area contributed by atoms with Gasteiger partial charge in [0, 0.05) is 24.0 Å². The molecular weight excluding hydrogens is 355 g/mol. The molecule has 2 rings (SSSR count). The van der Waals surface area contributed by atoms with Crippen LogP contribution in [-0.2, 0) is 9.53 Å². The van der Waals surface area contributed by atoms with Crippen LogP contribution >= 0.6 is 0 Å².